The lowest BCUT2D eigenvalue weighted by molar-refractivity contribution is -0.118. The number of hydrogen-bond acceptors (Lipinski definition) is 4. The summed E-state index contributed by atoms with van der Waals surface area (Å²) in [4.78, 5) is 15.9. The molecule has 0 spiro atoms. The van der Waals surface area contributed by atoms with E-state index in [1.165, 1.54) is 0 Å². The average molecular weight is 272 g/mol. The van der Waals surface area contributed by atoms with E-state index in [4.69, 9.17) is 9.47 Å². The molecule has 0 atom stereocenters. The van der Waals surface area contributed by atoms with Crippen LogP contribution in [0.25, 0.3) is 0 Å². The summed E-state index contributed by atoms with van der Waals surface area (Å²) in [5, 5.41) is 2.75. The summed E-state index contributed by atoms with van der Waals surface area (Å²) in [5.41, 5.74) is 1.45. The molecule has 1 amide bonds. The predicted molar refractivity (Wildman–Crippen MR) is 76.1 cm³/mol. The molecule has 0 saturated carbocycles. The summed E-state index contributed by atoms with van der Waals surface area (Å²) in [5.74, 6) is 1.04. The predicted octanol–water partition coefficient (Wildman–Crippen LogP) is 2.42. The first-order chi connectivity index (χ1) is 9.69. The van der Waals surface area contributed by atoms with Gasteiger partial charge in [0.25, 0.3) is 5.91 Å². The Bertz CT molecular complexity index is 599. The minimum Gasteiger partial charge on any atom is -0.497 e. The summed E-state index contributed by atoms with van der Waals surface area (Å²) in [6, 6.07) is 10.7. The fourth-order valence-electron chi connectivity index (χ4n) is 1.64. The van der Waals surface area contributed by atoms with Gasteiger partial charge in [0.1, 0.15) is 11.5 Å². The van der Waals surface area contributed by atoms with Crippen LogP contribution in [0.5, 0.6) is 11.5 Å². The van der Waals surface area contributed by atoms with Crippen molar-refractivity contribution in [3.05, 3.63) is 48.3 Å². The number of anilines is 1. The number of amides is 1. The smallest absolute Gasteiger partial charge is 0.262 e. The molecule has 20 heavy (non-hydrogen) atoms. The normalized spacial score (nSPS) is 9.90. The molecule has 1 N–H and O–H groups in total. The number of aryl methyl sites for hydroxylation is 1. The molecule has 0 radical (unpaired) electrons. The number of aromatic nitrogens is 1. The highest BCUT2D eigenvalue weighted by atomic mass is 16.5. The highest BCUT2D eigenvalue weighted by Gasteiger charge is 2.06. The zero-order valence-electron chi connectivity index (χ0n) is 11.4. The molecule has 0 saturated heterocycles. The van der Waals surface area contributed by atoms with Crippen molar-refractivity contribution in [2.24, 2.45) is 0 Å². The molecule has 1 aromatic heterocycles. The number of benzene rings is 1. The maximum absolute atomic E-state index is 11.8. The van der Waals surface area contributed by atoms with Crippen LogP contribution < -0.4 is 14.8 Å². The van der Waals surface area contributed by atoms with Gasteiger partial charge in [0, 0.05) is 12.3 Å². The summed E-state index contributed by atoms with van der Waals surface area (Å²) < 4.78 is 10.5. The van der Waals surface area contributed by atoms with E-state index in [9.17, 15) is 4.79 Å². The minimum absolute atomic E-state index is 0.0680. The monoisotopic (exact) mass is 272 g/mol. The van der Waals surface area contributed by atoms with Crippen molar-refractivity contribution in [2.75, 3.05) is 19.0 Å². The lowest BCUT2D eigenvalue weighted by Crippen LogP contribution is -2.20. The number of methoxy groups -OCH3 is 1. The third-order valence-corrected chi connectivity index (χ3v) is 2.69. The molecule has 1 heterocycles. The molecule has 0 aliphatic rings. The van der Waals surface area contributed by atoms with Crippen LogP contribution in [0, 0.1) is 6.92 Å². The molecule has 0 fully saturated rings. The van der Waals surface area contributed by atoms with Gasteiger partial charge in [0.05, 0.1) is 18.5 Å². The van der Waals surface area contributed by atoms with E-state index in [0.717, 1.165) is 5.69 Å². The van der Waals surface area contributed by atoms with Gasteiger partial charge in [-0.3, -0.25) is 9.78 Å². The SMILES string of the molecule is COc1cccc(OCC(=O)Nc2cccnc2C)c1. The lowest BCUT2D eigenvalue weighted by Gasteiger charge is -2.09. The average Bonchev–Trinajstić information content (AvgIpc) is 2.48. The fourth-order valence-corrected chi connectivity index (χ4v) is 1.64. The number of nitrogens with zero attached hydrogens (tertiary/aromatic N) is 1. The molecule has 5 nitrogen and oxygen atoms in total. The van der Waals surface area contributed by atoms with Crippen molar-refractivity contribution in [1.82, 2.24) is 4.98 Å². The highest BCUT2D eigenvalue weighted by molar-refractivity contribution is 5.92. The Morgan fingerprint density at radius 3 is 2.80 bits per heavy atom. The molecule has 0 aliphatic carbocycles. The van der Waals surface area contributed by atoms with Crippen molar-refractivity contribution in [3.8, 4) is 11.5 Å². The number of rotatable bonds is 5. The van der Waals surface area contributed by atoms with E-state index in [-0.39, 0.29) is 12.5 Å². The molecule has 2 aromatic rings. The Morgan fingerprint density at radius 2 is 2.05 bits per heavy atom. The van der Waals surface area contributed by atoms with E-state index in [1.54, 1.807) is 43.6 Å². The maximum Gasteiger partial charge on any atom is 0.262 e. The fraction of sp³-hybridized carbons (Fsp3) is 0.200. The Labute approximate surface area is 117 Å². The summed E-state index contributed by atoms with van der Waals surface area (Å²) in [6.45, 7) is 1.76. The van der Waals surface area contributed by atoms with Crippen molar-refractivity contribution >= 4 is 11.6 Å². The molecule has 104 valence electrons. The quantitative estimate of drug-likeness (QED) is 0.908. The van der Waals surface area contributed by atoms with E-state index in [2.05, 4.69) is 10.3 Å². The summed E-state index contributed by atoms with van der Waals surface area (Å²) in [6.07, 6.45) is 1.68. The van der Waals surface area contributed by atoms with Gasteiger partial charge in [-0.2, -0.15) is 0 Å². The van der Waals surface area contributed by atoms with E-state index >= 15 is 0 Å². The highest BCUT2D eigenvalue weighted by Crippen LogP contribution is 2.18. The third-order valence-electron chi connectivity index (χ3n) is 2.69. The minimum atomic E-state index is -0.232. The first-order valence-electron chi connectivity index (χ1n) is 6.17. The molecule has 0 unspecified atom stereocenters. The molecule has 0 aliphatic heterocycles. The van der Waals surface area contributed by atoms with Gasteiger partial charge in [0.2, 0.25) is 0 Å². The zero-order valence-corrected chi connectivity index (χ0v) is 11.4. The van der Waals surface area contributed by atoms with E-state index in [0.29, 0.717) is 17.2 Å². The summed E-state index contributed by atoms with van der Waals surface area (Å²) >= 11 is 0. The molecule has 2 rings (SSSR count). The largest absolute Gasteiger partial charge is 0.497 e. The van der Waals surface area contributed by atoms with Crippen LogP contribution in [0.1, 0.15) is 5.69 Å². The third kappa shape index (κ3) is 3.71. The van der Waals surface area contributed by atoms with Gasteiger partial charge in [-0.1, -0.05) is 6.07 Å². The van der Waals surface area contributed by atoms with Crippen LogP contribution >= 0.6 is 0 Å². The molecule has 0 bridgehead atoms. The van der Waals surface area contributed by atoms with Gasteiger partial charge in [-0.25, -0.2) is 0 Å². The number of carbonyl (C=O) groups is 1. The maximum atomic E-state index is 11.8. The molecule has 1 aromatic carbocycles. The van der Waals surface area contributed by atoms with Gasteiger partial charge >= 0.3 is 0 Å². The van der Waals surface area contributed by atoms with Gasteiger partial charge in [-0.15, -0.1) is 0 Å². The summed E-state index contributed by atoms with van der Waals surface area (Å²) in [7, 11) is 1.58. The number of ether oxygens (including phenoxy) is 2. The Morgan fingerprint density at radius 1 is 1.25 bits per heavy atom. The molecular weight excluding hydrogens is 256 g/mol. The van der Waals surface area contributed by atoms with Crippen LogP contribution in [0.15, 0.2) is 42.6 Å². The number of nitrogens with one attached hydrogen (secondary N) is 1. The second kappa shape index (κ2) is 6.56. The zero-order chi connectivity index (χ0) is 14.4. The van der Waals surface area contributed by atoms with Crippen molar-refractivity contribution in [1.29, 1.82) is 0 Å². The van der Waals surface area contributed by atoms with Crippen molar-refractivity contribution in [2.45, 2.75) is 6.92 Å². The standard InChI is InChI=1S/C15H16N2O3/c1-11-14(7-4-8-16-11)17-15(18)10-20-13-6-3-5-12(9-13)19-2/h3-9H,10H2,1-2H3,(H,17,18). The lowest BCUT2D eigenvalue weighted by atomic mass is 10.3. The Balaban J connectivity index is 1.90. The van der Waals surface area contributed by atoms with Crippen molar-refractivity contribution in [3.63, 3.8) is 0 Å². The Hall–Kier alpha value is -2.56. The van der Waals surface area contributed by atoms with Crippen LogP contribution in [0.4, 0.5) is 5.69 Å². The number of pyridine rings is 1. The Kier molecular flexibility index (Phi) is 4.55. The second-order valence-electron chi connectivity index (χ2n) is 4.15. The first kappa shape index (κ1) is 13.9. The van der Waals surface area contributed by atoms with Gasteiger partial charge < -0.3 is 14.8 Å². The van der Waals surface area contributed by atoms with Crippen LogP contribution in [0.3, 0.4) is 0 Å². The van der Waals surface area contributed by atoms with Crippen LogP contribution in [0.2, 0.25) is 0 Å². The number of carbonyl (C=O) groups excluding carboxylic acids is 1. The first-order valence-corrected chi connectivity index (χ1v) is 6.17. The van der Waals surface area contributed by atoms with Crippen molar-refractivity contribution < 1.29 is 14.3 Å². The van der Waals surface area contributed by atoms with E-state index < -0.39 is 0 Å². The molecule has 5 heteroatoms. The van der Waals surface area contributed by atoms with Crippen LogP contribution in [-0.4, -0.2) is 24.6 Å². The van der Waals surface area contributed by atoms with E-state index in [1.807, 2.05) is 13.0 Å². The van der Waals surface area contributed by atoms with Crippen LogP contribution in [-0.2, 0) is 4.79 Å². The van der Waals surface area contributed by atoms with Gasteiger partial charge in [-0.05, 0) is 31.2 Å². The second-order valence-corrected chi connectivity index (χ2v) is 4.15. The number of hydrogen-bond donors (Lipinski definition) is 1. The topological polar surface area (TPSA) is 60.5 Å². The molecular formula is C15H16N2O3. The van der Waals surface area contributed by atoms with Gasteiger partial charge in [0.15, 0.2) is 6.61 Å².